The summed E-state index contributed by atoms with van der Waals surface area (Å²) in [5.74, 6) is 0.331. The molecule has 0 aliphatic heterocycles. The van der Waals surface area contributed by atoms with Crippen molar-refractivity contribution in [2.24, 2.45) is 5.92 Å². The summed E-state index contributed by atoms with van der Waals surface area (Å²) >= 11 is 0. The number of fused-ring (bicyclic) bond motifs is 1. The molecule has 19 heavy (non-hydrogen) atoms. The third-order valence-corrected chi connectivity index (χ3v) is 3.87. The van der Waals surface area contributed by atoms with E-state index in [0.717, 1.165) is 51.1 Å². The first-order chi connectivity index (χ1) is 9.33. The molecule has 0 saturated carbocycles. The summed E-state index contributed by atoms with van der Waals surface area (Å²) in [6.07, 6.45) is 3.67. The van der Waals surface area contributed by atoms with E-state index in [4.69, 9.17) is 9.47 Å². The zero-order valence-electron chi connectivity index (χ0n) is 11.7. The number of benzene rings is 1. The minimum atomic E-state index is -0.326. The number of rotatable bonds is 7. The smallest absolute Gasteiger partial charge is 0.0821 e. The van der Waals surface area contributed by atoms with E-state index in [0.29, 0.717) is 5.92 Å². The molecule has 1 aromatic carbocycles. The van der Waals surface area contributed by atoms with Crippen LogP contribution in [-0.4, -0.2) is 32.0 Å². The Morgan fingerprint density at radius 2 is 2.05 bits per heavy atom. The average molecular weight is 264 g/mol. The summed E-state index contributed by atoms with van der Waals surface area (Å²) in [5, 5.41) is 10.4. The maximum absolute atomic E-state index is 10.4. The van der Waals surface area contributed by atoms with Crippen molar-refractivity contribution in [3.05, 3.63) is 35.4 Å². The molecule has 1 aromatic rings. The second-order valence-electron chi connectivity index (χ2n) is 5.19. The van der Waals surface area contributed by atoms with Gasteiger partial charge in [0, 0.05) is 26.9 Å². The molecule has 1 aliphatic rings. The number of aryl methyl sites for hydroxylation is 1. The largest absolute Gasteiger partial charge is 0.388 e. The maximum atomic E-state index is 10.4. The van der Waals surface area contributed by atoms with Crippen LogP contribution in [0.1, 0.15) is 36.5 Å². The molecule has 0 amide bonds. The molecule has 2 atom stereocenters. The number of aliphatic hydroxyl groups excluding tert-OH is 1. The van der Waals surface area contributed by atoms with Crippen LogP contribution in [0.4, 0.5) is 0 Å². The second kappa shape index (κ2) is 7.63. The normalized spacial score (nSPS) is 22.2. The summed E-state index contributed by atoms with van der Waals surface area (Å²) < 4.78 is 10.6. The van der Waals surface area contributed by atoms with E-state index in [2.05, 4.69) is 6.07 Å². The monoisotopic (exact) mass is 264 g/mol. The summed E-state index contributed by atoms with van der Waals surface area (Å²) in [4.78, 5) is 0. The minimum Gasteiger partial charge on any atom is -0.388 e. The number of hydrogen-bond acceptors (Lipinski definition) is 3. The zero-order chi connectivity index (χ0) is 13.5. The van der Waals surface area contributed by atoms with Crippen molar-refractivity contribution in [2.45, 2.75) is 31.8 Å². The first-order valence-electron chi connectivity index (χ1n) is 7.15. The van der Waals surface area contributed by atoms with Gasteiger partial charge in [-0.15, -0.1) is 0 Å². The van der Waals surface area contributed by atoms with E-state index in [-0.39, 0.29) is 6.10 Å². The van der Waals surface area contributed by atoms with Crippen molar-refractivity contribution >= 4 is 0 Å². The maximum Gasteiger partial charge on any atom is 0.0821 e. The lowest BCUT2D eigenvalue weighted by Gasteiger charge is -2.30. The van der Waals surface area contributed by atoms with Crippen LogP contribution in [0.2, 0.25) is 0 Å². The molecule has 0 fully saturated rings. The molecule has 1 aliphatic carbocycles. The fourth-order valence-electron chi connectivity index (χ4n) is 2.75. The van der Waals surface area contributed by atoms with Crippen LogP contribution in [0.5, 0.6) is 0 Å². The Bertz CT molecular complexity index is 378. The fraction of sp³-hybridized carbons (Fsp3) is 0.625. The van der Waals surface area contributed by atoms with E-state index in [9.17, 15) is 5.11 Å². The summed E-state index contributed by atoms with van der Waals surface area (Å²) in [7, 11) is 1.70. The van der Waals surface area contributed by atoms with Crippen molar-refractivity contribution in [3.63, 3.8) is 0 Å². The Hall–Kier alpha value is -0.900. The van der Waals surface area contributed by atoms with Gasteiger partial charge < -0.3 is 14.6 Å². The van der Waals surface area contributed by atoms with Crippen molar-refractivity contribution in [2.75, 3.05) is 26.9 Å². The Morgan fingerprint density at radius 1 is 1.21 bits per heavy atom. The predicted molar refractivity (Wildman–Crippen MR) is 75.1 cm³/mol. The standard InChI is InChI=1S/C16H24O3/c1-18-10-4-11-19-12-9-14-8-7-13-5-2-3-6-15(13)16(14)17/h2-3,5-6,14,16-17H,4,7-12H2,1H3. The second-order valence-corrected chi connectivity index (χ2v) is 5.19. The molecule has 2 rings (SSSR count). The van der Waals surface area contributed by atoms with Crippen LogP contribution in [-0.2, 0) is 15.9 Å². The molecule has 0 aromatic heterocycles. The number of aliphatic hydroxyl groups is 1. The van der Waals surface area contributed by atoms with Gasteiger partial charge in [-0.1, -0.05) is 24.3 Å². The Balaban J connectivity index is 1.74. The number of ether oxygens (including phenoxy) is 2. The lowest BCUT2D eigenvalue weighted by molar-refractivity contribution is 0.0493. The highest BCUT2D eigenvalue weighted by molar-refractivity contribution is 5.31. The first-order valence-corrected chi connectivity index (χ1v) is 7.15. The Labute approximate surface area is 115 Å². The highest BCUT2D eigenvalue weighted by Gasteiger charge is 2.27. The van der Waals surface area contributed by atoms with Crippen molar-refractivity contribution in [1.82, 2.24) is 0 Å². The number of methoxy groups -OCH3 is 1. The molecule has 0 spiro atoms. The van der Waals surface area contributed by atoms with Gasteiger partial charge in [0.05, 0.1) is 6.10 Å². The van der Waals surface area contributed by atoms with Gasteiger partial charge in [-0.2, -0.15) is 0 Å². The summed E-state index contributed by atoms with van der Waals surface area (Å²) in [6.45, 7) is 2.22. The van der Waals surface area contributed by atoms with Gasteiger partial charge in [0.1, 0.15) is 0 Å². The molecular formula is C16H24O3. The predicted octanol–water partition coefficient (Wildman–Crippen LogP) is 2.73. The van der Waals surface area contributed by atoms with Gasteiger partial charge in [-0.3, -0.25) is 0 Å². The van der Waals surface area contributed by atoms with Gasteiger partial charge in [0.15, 0.2) is 0 Å². The van der Waals surface area contributed by atoms with Crippen LogP contribution in [0.25, 0.3) is 0 Å². The SMILES string of the molecule is COCCCOCCC1CCc2ccccc2C1O. The molecule has 0 radical (unpaired) electrons. The molecular weight excluding hydrogens is 240 g/mol. The lowest BCUT2D eigenvalue weighted by Crippen LogP contribution is -2.22. The van der Waals surface area contributed by atoms with Crippen LogP contribution in [0, 0.1) is 5.92 Å². The van der Waals surface area contributed by atoms with E-state index >= 15 is 0 Å². The van der Waals surface area contributed by atoms with Crippen LogP contribution in [0.15, 0.2) is 24.3 Å². The topological polar surface area (TPSA) is 38.7 Å². The summed E-state index contributed by atoms with van der Waals surface area (Å²) in [6, 6.07) is 8.22. The molecule has 106 valence electrons. The molecule has 0 saturated heterocycles. The molecule has 3 heteroatoms. The van der Waals surface area contributed by atoms with Gasteiger partial charge >= 0.3 is 0 Å². The average Bonchev–Trinajstić information content (AvgIpc) is 2.45. The molecule has 0 bridgehead atoms. The quantitative estimate of drug-likeness (QED) is 0.770. The third-order valence-electron chi connectivity index (χ3n) is 3.87. The fourth-order valence-corrected chi connectivity index (χ4v) is 2.75. The van der Waals surface area contributed by atoms with Gasteiger partial charge in [0.25, 0.3) is 0 Å². The lowest BCUT2D eigenvalue weighted by atomic mass is 9.80. The number of hydrogen-bond donors (Lipinski definition) is 1. The van der Waals surface area contributed by atoms with Crippen molar-refractivity contribution in [3.8, 4) is 0 Å². The summed E-state index contributed by atoms with van der Waals surface area (Å²) in [5.41, 5.74) is 2.41. The Morgan fingerprint density at radius 3 is 2.89 bits per heavy atom. The first kappa shape index (κ1) is 14.5. The highest BCUT2D eigenvalue weighted by atomic mass is 16.5. The van der Waals surface area contributed by atoms with E-state index in [1.54, 1.807) is 7.11 Å². The van der Waals surface area contributed by atoms with Gasteiger partial charge in [0.2, 0.25) is 0 Å². The minimum absolute atomic E-state index is 0.326. The van der Waals surface area contributed by atoms with Crippen LogP contribution < -0.4 is 0 Å². The van der Waals surface area contributed by atoms with Crippen molar-refractivity contribution in [1.29, 1.82) is 0 Å². The molecule has 0 heterocycles. The van der Waals surface area contributed by atoms with Crippen LogP contribution >= 0.6 is 0 Å². The van der Waals surface area contributed by atoms with Gasteiger partial charge in [-0.05, 0) is 42.7 Å². The van der Waals surface area contributed by atoms with Gasteiger partial charge in [-0.25, -0.2) is 0 Å². The van der Waals surface area contributed by atoms with Crippen molar-refractivity contribution < 1.29 is 14.6 Å². The molecule has 2 unspecified atom stereocenters. The van der Waals surface area contributed by atoms with E-state index in [1.165, 1.54) is 5.56 Å². The van der Waals surface area contributed by atoms with E-state index < -0.39 is 0 Å². The van der Waals surface area contributed by atoms with E-state index in [1.807, 2.05) is 18.2 Å². The third kappa shape index (κ3) is 4.03. The Kier molecular flexibility index (Phi) is 5.83. The zero-order valence-corrected chi connectivity index (χ0v) is 11.7. The van der Waals surface area contributed by atoms with Crippen LogP contribution in [0.3, 0.4) is 0 Å². The molecule has 3 nitrogen and oxygen atoms in total. The highest BCUT2D eigenvalue weighted by Crippen LogP contribution is 2.35. The molecule has 1 N–H and O–H groups in total.